The fourth-order valence-electron chi connectivity index (χ4n) is 2.90. The number of para-hydroxylation sites is 1. The summed E-state index contributed by atoms with van der Waals surface area (Å²) in [6, 6.07) is 23.9. The van der Waals surface area contributed by atoms with Crippen LogP contribution >= 0.6 is 12.2 Å². The van der Waals surface area contributed by atoms with Crippen LogP contribution in [0.25, 0.3) is 6.08 Å². The maximum absolute atomic E-state index is 12.4. The van der Waals surface area contributed by atoms with Crippen LogP contribution in [-0.4, -0.2) is 24.0 Å². The van der Waals surface area contributed by atoms with Crippen molar-refractivity contribution in [2.24, 2.45) is 0 Å². The summed E-state index contributed by atoms with van der Waals surface area (Å²) in [5.41, 5.74) is 2.87. The molecule has 162 valence electrons. The van der Waals surface area contributed by atoms with E-state index >= 15 is 0 Å². The summed E-state index contributed by atoms with van der Waals surface area (Å²) in [5, 5.41) is 8.52. The van der Waals surface area contributed by atoms with Crippen LogP contribution in [-0.2, 0) is 11.3 Å². The lowest BCUT2D eigenvalue weighted by atomic mass is 10.1. The van der Waals surface area contributed by atoms with E-state index in [4.69, 9.17) is 17.0 Å². The van der Waals surface area contributed by atoms with E-state index in [9.17, 15) is 9.59 Å². The molecule has 0 aliphatic carbocycles. The molecule has 0 atom stereocenters. The molecule has 0 fully saturated rings. The Bertz CT molecular complexity index is 1130. The first-order chi connectivity index (χ1) is 15.5. The first-order valence-corrected chi connectivity index (χ1v) is 10.3. The van der Waals surface area contributed by atoms with Gasteiger partial charge < -0.3 is 15.4 Å². The van der Waals surface area contributed by atoms with Crippen LogP contribution in [0.2, 0.25) is 0 Å². The molecule has 2 amide bonds. The lowest BCUT2D eigenvalue weighted by Gasteiger charge is -2.10. The fourth-order valence-corrected chi connectivity index (χ4v) is 3.12. The maximum Gasteiger partial charge on any atom is 0.251 e. The van der Waals surface area contributed by atoms with Crippen molar-refractivity contribution in [2.45, 2.75) is 6.54 Å². The smallest absolute Gasteiger partial charge is 0.251 e. The molecular formula is C25H23N3O3S. The lowest BCUT2D eigenvalue weighted by Crippen LogP contribution is -2.33. The van der Waals surface area contributed by atoms with Gasteiger partial charge in [-0.15, -0.1) is 0 Å². The second-order valence-electron chi connectivity index (χ2n) is 6.77. The van der Waals surface area contributed by atoms with Gasteiger partial charge in [0.2, 0.25) is 5.91 Å². The molecule has 0 heterocycles. The summed E-state index contributed by atoms with van der Waals surface area (Å²) >= 11 is 5.21. The van der Waals surface area contributed by atoms with Crippen molar-refractivity contribution in [3.8, 4) is 5.75 Å². The number of hydrogen-bond acceptors (Lipinski definition) is 4. The Balaban J connectivity index is 1.54. The number of thiocarbonyl (C=S) groups is 1. The average Bonchev–Trinajstić information content (AvgIpc) is 2.82. The van der Waals surface area contributed by atoms with Crippen LogP contribution in [0.4, 0.5) is 5.69 Å². The molecule has 7 heteroatoms. The van der Waals surface area contributed by atoms with E-state index in [1.165, 1.54) is 6.08 Å². The van der Waals surface area contributed by atoms with Crippen molar-refractivity contribution in [3.05, 3.63) is 102 Å². The summed E-state index contributed by atoms with van der Waals surface area (Å²) in [6.07, 6.45) is 3.02. The average molecular weight is 446 g/mol. The number of benzene rings is 3. The van der Waals surface area contributed by atoms with Crippen LogP contribution in [0.5, 0.6) is 5.75 Å². The van der Waals surface area contributed by atoms with Crippen molar-refractivity contribution in [1.29, 1.82) is 0 Å². The Morgan fingerprint density at radius 2 is 1.72 bits per heavy atom. The molecule has 0 unspecified atom stereocenters. The van der Waals surface area contributed by atoms with E-state index in [1.54, 1.807) is 37.5 Å². The number of carbonyl (C=O) groups excluding carboxylic acids is 2. The van der Waals surface area contributed by atoms with E-state index < -0.39 is 0 Å². The number of hydrogen-bond donors (Lipinski definition) is 3. The zero-order valence-corrected chi connectivity index (χ0v) is 18.3. The van der Waals surface area contributed by atoms with Crippen molar-refractivity contribution in [3.63, 3.8) is 0 Å². The second kappa shape index (κ2) is 11.4. The molecule has 0 aliphatic heterocycles. The highest BCUT2D eigenvalue weighted by atomic mass is 32.1. The minimum absolute atomic E-state index is 0.126. The Kier molecular flexibility index (Phi) is 8.11. The topological polar surface area (TPSA) is 79.5 Å². The van der Waals surface area contributed by atoms with Crippen LogP contribution in [0.3, 0.4) is 0 Å². The molecule has 3 aromatic carbocycles. The molecule has 3 N–H and O–H groups in total. The Hall–Kier alpha value is -3.97. The molecule has 0 bridgehead atoms. The first kappa shape index (κ1) is 22.7. The highest BCUT2D eigenvalue weighted by molar-refractivity contribution is 7.80. The number of nitrogens with one attached hydrogen (secondary N) is 3. The van der Waals surface area contributed by atoms with Gasteiger partial charge in [-0.2, -0.15) is 0 Å². The predicted octanol–water partition coefficient (Wildman–Crippen LogP) is 4.15. The Morgan fingerprint density at radius 1 is 0.969 bits per heavy atom. The molecule has 0 aromatic heterocycles. The van der Waals surface area contributed by atoms with Gasteiger partial charge >= 0.3 is 0 Å². The highest BCUT2D eigenvalue weighted by Crippen LogP contribution is 2.18. The van der Waals surface area contributed by atoms with Gasteiger partial charge in [0.25, 0.3) is 5.91 Å². The van der Waals surface area contributed by atoms with Crippen molar-refractivity contribution in [2.75, 3.05) is 12.4 Å². The standard InChI is InChI=1S/C25H23N3O3S/c1-31-22-13-6-5-10-19(22)14-15-23(29)28-25(32)27-21-12-7-11-20(16-21)24(30)26-17-18-8-3-2-4-9-18/h2-16H,17H2,1H3,(H,26,30)(H2,27,28,29,32)/b15-14+. The van der Waals surface area contributed by atoms with E-state index in [1.807, 2.05) is 54.6 Å². The largest absolute Gasteiger partial charge is 0.496 e. The third-order valence-electron chi connectivity index (χ3n) is 4.47. The molecular weight excluding hydrogens is 422 g/mol. The maximum atomic E-state index is 12.4. The minimum atomic E-state index is -0.384. The van der Waals surface area contributed by atoms with Crippen LogP contribution in [0, 0.1) is 0 Å². The van der Waals surface area contributed by atoms with Gasteiger partial charge in [-0.3, -0.25) is 14.9 Å². The van der Waals surface area contributed by atoms with Gasteiger partial charge in [-0.05, 0) is 48.1 Å². The van der Waals surface area contributed by atoms with E-state index in [2.05, 4.69) is 16.0 Å². The summed E-state index contributed by atoms with van der Waals surface area (Å²) in [4.78, 5) is 24.6. The van der Waals surface area contributed by atoms with Crippen LogP contribution in [0.15, 0.2) is 84.9 Å². The molecule has 0 spiro atoms. The van der Waals surface area contributed by atoms with Gasteiger partial charge in [-0.1, -0.05) is 54.6 Å². The van der Waals surface area contributed by atoms with Crippen molar-refractivity contribution < 1.29 is 14.3 Å². The lowest BCUT2D eigenvalue weighted by molar-refractivity contribution is -0.115. The van der Waals surface area contributed by atoms with E-state index in [-0.39, 0.29) is 16.9 Å². The van der Waals surface area contributed by atoms with Crippen molar-refractivity contribution in [1.82, 2.24) is 10.6 Å². The zero-order chi connectivity index (χ0) is 22.8. The van der Waals surface area contributed by atoms with Crippen molar-refractivity contribution >= 4 is 40.9 Å². The summed E-state index contributed by atoms with van der Waals surface area (Å²) < 4.78 is 5.26. The molecule has 0 saturated heterocycles. The molecule has 0 aliphatic rings. The quantitative estimate of drug-likeness (QED) is 0.376. The van der Waals surface area contributed by atoms with E-state index in [0.29, 0.717) is 23.5 Å². The molecule has 3 aromatic rings. The first-order valence-electron chi connectivity index (χ1n) is 9.90. The number of ether oxygens (including phenoxy) is 1. The van der Waals surface area contributed by atoms with Gasteiger partial charge in [0.1, 0.15) is 5.75 Å². The highest BCUT2D eigenvalue weighted by Gasteiger charge is 2.08. The van der Waals surface area contributed by atoms with Gasteiger partial charge in [0, 0.05) is 29.4 Å². The molecule has 0 saturated carbocycles. The Morgan fingerprint density at radius 3 is 2.50 bits per heavy atom. The number of methoxy groups -OCH3 is 1. The number of amides is 2. The molecule has 6 nitrogen and oxygen atoms in total. The summed E-state index contributed by atoms with van der Waals surface area (Å²) in [5.74, 6) is 0.0805. The summed E-state index contributed by atoms with van der Waals surface area (Å²) in [7, 11) is 1.57. The molecule has 32 heavy (non-hydrogen) atoms. The van der Waals surface area contributed by atoms with Crippen LogP contribution in [0.1, 0.15) is 21.5 Å². The van der Waals surface area contributed by atoms with Gasteiger partial charge in [-0.25, -0.2) is 0 Å². The number of carbonyl (C=O) groups is 2. The molecule has 0 radical (unpaired) electrons. The third-order valence-corrected chi connectivity index (χ3v) is 4.67. The van der Waals surface area contributed by atoms with E-state index in [0.717, 1.165) is 11.1 Å². The zero-order valence-electron chi connectivity index (χ0n) is 17.5. The Labute approximate surface area is 192 Å². The van der Waals surface area contributed by atoms with Gasteiger partial charge in [0.15, 0.2) is 5.11 Å². The monoisotopic (exact) mass is 445 g/mol. The van der Waals surface area contributed by atoms with Gasteiger partial charge in [0.05, 0.1) is 7.11 Å². The SMILES string of the molecule is COc1ccccc1/C=C/C(=O)NC(=S)Nc1cccc(C(=O)NCc2ccccc2)c1. The third kappa shape index (κ3) is 6.78. The fraction of sp³-hybridized carbons (Fsp3) is 0.0800. The number of rotatable bonds is 7. The predicted molar refractivity (Wildman–Crippen MR) is 130 cm³/mol. The minimum Gasteiger partial charge on any atom is -0.496 e. The second-order valence-corrected chi connectivity index (χ2v) is 7.18. The van der Waals surface area contributed by atoms with Crippen LogP contribution < -0.4 is 20.7 Å². The number of anilines is 1. The normalized spacial score (nSPS) is 10.4. The summed E-state index contributed by atoms with van der Waals surface area (Å²) in [6.45, 7) is 0.435. The molecule has 3 rings (SSSR count).